The van der Waals surface area contributed by atoms with Crippen molar-refractivity contribution in [2.45, 2.75) is 6.92 Å². The van der Waals surface area contributed by atoms with E-state index in [-0.39, 0.29) is 4.84 Å². The lowest BCUT2D eigenvalue weighted by Crippen LogP contribution is -1.91. The number of aromatic amines is 1. The topological polar surface area (TPSA) is 72.0 Å². The number of aryl methyl sites for hydroxylation is 1. The summed E-state index contributed by atoms with van der Waals surface area (Å²) >= 11 is 11.0. The molecule has 3 aromatic heterocycles. The molecular formula is C9H6ClN5OS. The summed E-state index contributed by atoms with van der Waals surface area (Å²) in [6, 6.07) is 3.50. The Morgan fingerprint density at radius 1 is 1.41 bits per heavy atom. The Balaban J connectivity index is 2.29. The molecule has 3 aromatic rings. The van der Waals surface area contributed by atoms with Gasteiger partial charge in [-0.2, -0.15) is 0 Å². The zero-order valence-electron chi connectivity index (χ0n) is 8.64. The Hall–Kier alpha value is -1.73. The third kappa shape index (κ3) is 1.63. The van der Waals surface area contributed by atoms with Crippen LogP contribution in [-0.4, -0.2) is 24.8 Å². The number of fused-ring (bicyclic) bond motifs is 1. The van der Waals surface area contributed by atoms with Gasteiger partial charge in [-0.05, 0) is 31.3 Å². The predicted octanol–water partition coefficient (Wildman–Crippen LogP) is 2.40. The first-order chi connectivity index (χ1) is 8.15. The molecule has 0 aromatic carbocycles. The molecule has 0 radical (unpaired) electrons. The molecule has 0 saturated carbocycles. The predicted molar refractivity (Wildman–Crippen MR) is 63.4 cm³/mol. The molecule has 3 rings (SSSR count). The van der Waals surface area contributed by atoms with Gasteiger partial charge >= 0.3 is 0 Å². The van der Waals surface area contributed by atoms with Gasteiger partial charge < -0.3 is 4.42 Å². The van der Waals surface area contributed by atoms with Gasteiger partial charge in [-0.1, -0.05) is 11.6 Å². The molecule has 6 nitrogen and oxygen atoms in total. The molecule has 0 aliphatic rings. The summed E-state index contributed by atoms with van der Waals surface area (Å²) in [6.07, 6.45) is 0. The molecule has 8 heteroatoms. The summed E-state index contributed by atoms with van der Waals surface area (Å²) in [5.41, 5.74) is 1.33. The van der Waals surface area contributed by atoms with Gasteiger partial charge in [0.2, 0.25) is 5.89 Å². The Labute approximate surface area is 105 Å². The number of aromatic nitrogens is 5. The summed E-state index contributed by atoms with van der Waals surface area (Å²) in [7, 11) is 0. The molecule has 0 amide bonds. The summed E-state index contributed by atoms with van der Waals surface area (Å²) in [5.74, 6) is 1.10. The van der Waals surface area contributed by atoms with Crippen LogP contribution in [0, 0.1) is 11.8 Å². The second-order valence-corrected chi connectivity index (χ2v) is 4.18. The van der Waals surface area contributed by atoms with E-state index < -0.39 is 0 Å². The van der Waals surface area contributed by atoms with Crippen LogP contribution in [0.15, 0.2) is 16.5 Å². The first-order valence-electron chi connectivity index (χ1n) is 4.72. The second-order valence-electron chi connectivity index (χ2n) is 3.43. The van der Waals surface area contributed by atoms with E-state index in [4.69, 9.17) is 28.2 Å². The Kier molecular flexibility index (Phi) is 2.23. The van der Waals surface area contributed by atoms with Crippen LogP contribution in [0.1, 0.15) is 5.82 Å². The zero-order chi connectivity index (χ0) is 12.0. The summed E-state index contributed by atoms with van der Waals surface area (Å²) in [4.78, 5) is 0.216. The quantitative estimate of drug-likeness (QED) is 0.541. The fraction of sp³-hybridized carbons (Fsp3) is 0.111. The lowest BCUT2D eigenvalue weighted by molar-refractivity contribution is 0.552. The molecule has 0 spiro atoms. The highest BCUT2D eigenvalue weighted by atomic mass is 35.5. The molecule has 0 fully saturated rings. The van der Waals surface area contributed by atoms with Gasteiger partial charge in [0.25, 0.3) is 4.84 Å². The molecule has 0 saturated heterocycles. The van der Waals surface area contributed by atoms with E-state index in [1.807, 2.05) is 6.92 Å². The summed E-state index contributed by atoms with van der Waals surface area (Å²) in [6.45, 7) is 1.83. The SMILES string of the molecule is Cc1nnc2cc(-c3n[nH]c(=S)o3)cc(Cl)n12. The average molecular weight is 268 g/mol. The van der Waals surface area contributed by atoms with Crippen LogP contribution in [-0.2, 0) is 0 Å². The van der Waals surface area contributed by atoms with Gasteiger partial charge in [0, 0.05) is 5.56 Å². The van der Waals surface area contributed by atoms with Gasteiger partial charge in [0.05, 0.1) is 0 Å². The molecule has 17 heavy (non-hydrogen) atoms. The lowest BCUT2D eigenvalue weighted by atomic mass is 10.2. The highest BCUT2D eigenvalue weighted by Gasteiger charge is 2.11. The number of halogens is 1. The molecule has 0 aliphatic heterocycles. The summed E-state index contributed by atoms with van der Waals surface area (Å²) in [5, 5.41) is 14.9. The minimum atomic E-state index is 0.216. The van der Waals surface area contributed by atoms with Crippen LogP contribution in [0.5, 0.6) is 0 Å². The third-order valence-corrected chi connectivity index (χ3v) is 2.76. The maximum absolute atomic E-state index is 6.14. The highest BCUT2D eigenvalue weighted by molar-refractivity contribution is 7.71. The van der Waals surface area contributed by atoms with Gasteiger partial charge in [-0.3, -0.25) is 4.40 Å². The van der Waals surface area contributed by atoms with E-state index in [9.17, 15) is 0 Å². The fourth-order valence-electron chi connectivity index (χ4n) is 1.59. The Morgan fingerprint density at radius 2 is 2.24 bits per heavy atom. The first-order valence-corrected chi connectivity index (χ1v) is 5.51. The van der Waals surface area contributed by atoms with Crippen molar-refractivity contribution in [3.8, 4) is 11.5 Å². The molecule has 1 N–H and O–H groups in total. The van der Waals surface area contributed by atoms with Crippen molar-refractivity contribution in [3.05, 3.63) is 27.9 Å². The number of nitrogens with one attached hydrogen (secondary N) is 1. The minimum Gasteiger partial charge on any atom is -0.409 e. The third-order valence-electron chi connectivity index (χ3n) is 2.31. The zero-order valence-corrected chi connectivity index (χ0v) is 10.2. The molecular weight excluding hydrogens is 262 g/mol. The summed E-state index contributed by atoms with van der Waals surface area (Å²) < 4.78 is 6.94. The molecule has 3 heterocycles. The van der Waals surface area contributed by atoms with Gasteiger partial charge in [0.15, 0.2) is 5.65 Å². The number of rotatable bonds is 1. The maximum atomic E-state index is 6.14. The molecule has 86 valence electrons. The van der Waals surface area contributed by atoms with E-state index in [1.54, 1.807) is 16.5 Å². The standard InChI is InChI=1S/C9H6ClN5OS/c1-4-11-12-7-3-5(2-6(10)15(4)7)8-13-14-9(17)16-8/h2-3H,1H3,(H,14,17). The molecule has 0 unspecified atom stereocenters. The van der Waals surface area contributed by atoms with Gasteiger partial charge in [-0.25, -0.2) is 5.10 Å². The maximum Gasteiger partial charge on any atom is 0.284 e. The second kappa shape index (κ2) is 3.64. The van der Waals surface area contributed by atoms with Crippen LogP contribution < -0.4 is 0 Å². The highest BCUT2D eigenvalue weighted by Crippen LogP contribution is 2.23. The van der Waals surface area contributed by atoms with E-state index in [0.717, 1.165) is 5.82 Å². The minimum absolute atomic E-state index is 0.216. The molecule has 0 aliphatic carbocycles. The van der Waals surface area contributed by atoms with Crippen molar-refractivity contribution in [2.24, 2.45) is 0 Å². The largest absolute Gasteiger partial charge is 0.409 e. The van der Waals surface area contributed by atoms with Crippen LogP contribution in [0.25, 0.3) is 17.1 Å². The van der Waals surface area contributed by atoms with Gasteiger partial charge in [0.1, 0.15) is 11.0 Å². The van der Waals surface area contributed by atoms with Crippen molar-refractivity contribution in [1.29, 1.82) is 0 Å². The van der Waals surface area contributed by atoms with E-state index in [2.05, 4.69) is 20.4 Å². The van der Waals surface area contributed by atoms with Gasteiger partial charge in [-0.15, -0.1) is 15.3 Å². The number of hydrogen-bond acceptors (Lipinski definition) is 5. The van der Waals surface area contributed by atoms with Crippen molar-refractivity contribution in [3.63, 3.8) is 0 Å². The Bertz CT molecular complexity index is 758. The molecule has 0 atom stereocenters. The van der Waals surface area contributed by atoms with E-state index in [0.29, 0.717) is 22.3 Å². The lowest BCUT2D eigenvalue weighted by Gasteiger charge is -2.00. The van der Waals surface area contributed by atoms with E-state index in [1.165, 1.54) is 0 Å². The van der Waals surface area contributed by atoms with E-state index >= 15 is 0 Å². The Morgan fingerprint density at radius 3 is 2.94 bits per heavy atom. The average Bonchev–Trinajstić information content (AvgIpc) is 2.86. The number of H-pyrrole nitrogens is 1. The van der Waals surface area contributed by atoms with Crippen LogP contribution in [0.4, 0.5) is 0 Å². The van der Waals surface area contributed by atoms with Crippen molar-refractivity contribution in [1.82, 2.24) is 24.8 Å². The first kappa shape index (κ1) is 10.4. The smallest absolute Gasteiger partial charge is 0.284 e. The molecule has 0 bridgehead atoms. The van der Waals surface area contributed by atoms with Crippen LogP contribution in [0.2, 0.25) is 5.15 Å². The number of pyridine rings is 1. The fourth-order valence-corrected chi connectivity index (χ4v) is 2.04. The van der Waals surface area contributed by atoms with Crippen LogP contribution in [0.3, 0.4) is 0 Å². The normalized spacial score (nSPS) is 11.2. The van der Waals surface area contributed by atoms with Crippen molar-refractivity contribution < 1.29 is 4.42 Å². The van der Waals surface area contributed by atoms with Crippen LogP contribution >= 0.6 is 23.8 Å². The van der Waals surface area contributed by atoms with Crippen molar-refractivity contribution in [2.75, 3.05) is 0 Å². The number of hydrogen-bond donors (Lipinski definition) is 1. The van der Waals surface area contributed by atoms with Crippen molar-refractivity contribution >= 4 is 29.5 Å². The number of nitrogens with zero attached hydrogens (tertiary/aromatic N) is 4. The monoisotopic (exact) mass is 267 g/mol.